The zero-order valence-corrected chi connectivity index (χ0v) is 19.1. The third-order valence-electron chi connectivity index (χ3n) is 6.56. The molecular weight excluding hydrogens is 398 g/mol. The highest BCUT2D eigenvalue weighted by Gasteiger charge is 2.34. The predicted molar refractivity (Wildman–Crippen MR) is 117 cm³/mol. The maximum atomic E-state index is 13.3. The van der Waals surface area contributed by atoms with Crippen molar-refractivity contribution in [1.82, 2.24) is 23.1 Å². The summed E-state index contributed by atoms with van der Waals surface area (Å²) in [6.07, 6.45) is 5.16. The van der Waals surface area contributed by atoms with Crippen LogP contribution in [0.2, 0.25) is 0 Å². The minimum Gasteiger partial charge on any atom is -0.469 e. The number of nitrogens with zero attached hydrogens (tertiary/aromatic N) is 5. The Morgan fingerprint density at radius 2 is 2.00 bits per heavy atom. The number of fused-ring (bicyclic) bond motifs is 3. The van der Waals surface area contributed by atoms with Gasteiger partial charge in [-0.15, -0.1) is 0 Å². The van der Waals surface area contributed by atoms with Gasteiger partial charge in [0.05, 0.1) is 13.5 Å². The number of hydrogen-bond acceptors (Lipinski definition) is 5. The number of carbonyl (C=O) groups is 1. The molecule has 9 heteroatoms. The van der Waals surface area contributed by atoms with Gasteiger partial charge >= 0.3 is 11.7 Å². The molecule has 168 valence electrons. The normalized spacial score (nSPS) is 21.1. The first kappa shape index (κ1) is 21.4. The van der Waals surface area contributed by atoms with Gasteiger partial charge in [-0.3, -0.25) is 23.1 Å². The van der Waals surface area contributed by atoms with Gasteiger partial charge in [-0.1, -0.05) is 20.8 Å². The Morgan fingerprint density at radius 3 is 2.65 bits per heavy atom. The van der Waals surface area contributed by atoms with E-state index in [1.165, 1.54) is 18.1 Å². The van der Waals surface area contributed by atoms with Gasteiger partial charge < -0.3 is 9.30 Å². The number of ether oxygens (including phenoxy) is 1. The van der Waals surface area contributed by atoms with E-state index in [2.05, 4.69) is 30.1 Å². The Hall–Kier alpha value is -2.84. The van der Waals surface area contributed by atoms with Crippen molar-refractivity contribution in [3.8, 4) is 0 Å². The van der Waals surface area contributed by atoms with Gasteiger partial charge in [-0.25, -0.2) is 4.79 Å². The van der Waals surface area contributed by atoms with Crippen molar-refractivity contribution in [3.63, 3.8) is 0 Å². The Morgan fingerprint density at radius 1 is 1.29 bits per heavy atom. The summed E-state index contributed by atoms with van der Waals surface area (Å²) in [6, 6.07) is 0.284. The van der Waals surface area contributed by atoms with Crippen LogP contribution in [0.25, 0.3) is 16.9 Å². The van der Waals surface area contributed by atoms with Crippen LogP contribution in [0.1, 0.15) is 58.2 Å². The fourth-order valence-electron chi connectivity index (χ4n) is 5.47. The summed E-state index contributed by atoms with van der Waals surface area (Å²) < 4.78 is 11.1. The number of aromatic nitrogens is 5. The quantitative estimate of drug-likeness (QED) is 0.594. The number of imidazole rings is 2. The molecule has 2 atom stereocenters. The topological polar surface area (TPSA) is 92.5 Å². The Labute approximate surface area is 180 Å². The lowest BCUT2D eigenvalue weighted by molar-refractivity contribution is -0.140. The number of rotatable bonds is 4. The minimum absolute atomic E-state index is 0.0324. The van der Waals surface area contributed by atoms with E-state index in [1.54, 1.807) is 11.4 Å². The maximum Gasteiger partial charge on any atom is 0.332 e. The molecule has 0 unspecified atom stereocenters. The Bertz CT molecular complexity index is 1290. The zero-order valence-electron chi connectivity index (χ0n) is 19.1. The first-order valence-electron chi connectivity index (χ1n) is 10.8. The second kappa shape index (κ2) is 7.39. The van der Waals surface area contributed by atoms with Crippen molar-refractivity contribution in [2.24, 2.45) is 18.4 Å². The number of methoxy groups -OCH3 is 1. The molecule has 1 saturated carbocycles. The fourth-order valence-corrected chi connectivity index (χ4v) is 5.47. The molecule has 9 nitrogen and oxygen atoms in total. The van der Waals surface area contributed by atoms with Gasteiger partial charge in [0.1, 0.15) is 0 Å². The summed E-state index contributed by atoms with van der Waals surface area (Å²) >= 11 is 0. The molecule has 0 aromatic carbocycles. The van der Waals surface area contributed by atoms with Crippen LogP contribution in [0.15, 0.2) is 15.8 Å². The number of aryl methyl sites for hydroxylation is 2. The highest BCUT2D eigenvalue weighted by molar-refractivity contribution is 5.76. The number of carbonyl (C=O) groups excluding carboxylic acids is 1. The summed E-state index contributed by atoms with van der Waals surface area (Å²) in [5, 5.41) is 0. The first-order chi connectivity index (χ1) is 14.5. The molecule has 0 spiro atoms. The molecule has 1 fully saturated rings. The summed E-state index contributed by atoms with van der Waals surface area (Å²) in [6.45, 7) is 8.89. The van der Waals surface area contributed by atoms with Crippen LogP contribution in [-0.4, -0.2) is 36.2 Å². The van der Waals surface area contributed by atoms with Crippen LogP contribution in [0.4, 0.5) is 0 Å². The lowest BCUT2D eigenvalue weighted by Gasteiger charge is -2.39. The molecule has 1 aliphatic rings. The molecule has 0 aliphatic heterocycles. The van der Waals surface area contributed by atoms with E-state index in [0.717, 1.165) is 23.1 Å². The Kier molecular flexibility index (Phi) is 5.10. The molecule has 31 heavy (non-hydrogen) atoms. The second-order valence-electron chi connectivity index (χ2n) is 9.79. The minimum atomic E-state index is -0.488. The molecule has 0 saturated heterocycles. The molecule has 4 rings (SSSR count). The van der Waals surface area contributed by atoms with E-state index in [0.29, 0.717) is 22.9 Å². The van der Waals surface area contributed by atoms with Gasteiger partial charge in [0.2, 0.25) is 5.78 Å². The van der Waals surface area contributed by atoms with Crippen LogP contribution in [-0.2, 0) is 23.1 Å². The third kappa shape index (κ3) is 3.49. The fraction of sp³-hybridized carbons (Fsp3) is 0.636. The van der Waals surface area contributed by atoms with E-state index < -0.39 is 17.2 Å². The molecular formula is C22H31N5O4. The summed E-state index contributed by atoms with van der Waals surface area (Å²) in [5.41, 5.74) is 1.05. The van der Waals surface area contributed by atoms with Gasteiger partial charge in [-0.2, -0.15) is 4.98 Å². The molecule has 0 amide bonds. The smallest absolute Gasteiger partial charge is 0.332 e. The molecule has 3 aromatic heterocycles. The zero-order chi connectivity index (χ0) is 22.7. The lowest BCUT2D eigenvalue weighted by atomic mass is 9.70. The van der Waals surface area contributed by atoms with Crippen molar-refractivity contribution in [1.29, 1.82) is 0 Å². The van der Waals surface area contributed by atoms with Crippen molar-refractivity contribution < 1.29 is 9.53 Å². The highest BCUT2D eigenvalue weighted by atomic mass is 16.5. The molecule has 0 N–H and O–H groups in total. The molecule has 0 radical (unpaired) electrons. The van der Waals surface area contributed by atoms with E-state index in [9.17, 15) is 14.4 Å². The van der Waals surface area contributed by atoms with Crippen LogP contribution in [0.3, 0.4) is 0 Å². The third-order valence-corrected chi connectivity index (χ3v) is 6.56. The van der Waals surface area contributed by atoms with Crippen LogP contribution in [0.5, 0.6) is 0 Å². The first-order valence-corrected chi connectivity index (χ1v) is 10.8. The lowest BCUT2D eigenvalue weighted by Crippen LogP contribution is -2.39. The average Bonchev–Trinajstić information content (AvgIpc) is 3.18. The Balaban J connectivity index is 1.91. The van der Waals surface area contributed by atoms with Gasteiger partial charge in [0.25, 0.3) is 5.56 Å². The molecule has 3 aromatic rings. The van der Waals surface area contributed by atoms with Gasteiger partial charge in [0, 0.05) is 31.5 Å². The molecule has 3 heterocycles. The maximum absolute atomic E-state index is 13.3. The highest BCUT2D eigenvalue weighted by Crippen LogP contribution is 2.44. The second-order valence-corrected chi connectivity index (χ2v) is 9.79. The standard InChI is InChI=1S/C22H31N5O4/c1-13-9-15(11-22(3,4)10-13)27-14(2)12-26-17-18(23-20(26)27)24(5)21(30)25(19(17)29)8-7-16(28)31-6/h12-13,15H,7-11H2,1-6H3/t13-,15-/m0/s1. The van der Waals surface area contributed by atoms with Gasteiger partial charge in [-0.05, 0) is 37.5 Å². The van der Waals surface area contributed by atoms with E-state index in [4.69, 9.17) is 4.98 Å². The largest absolute Gasteiger partial charge is 0.469 e. The SMILES string of the molecule is COC(=O)CCn1c(=O)c2c(nc3n([C@H]4C[C@H](C)CC(C)(C)C4)c(C)cn23)n(C)c1=O. The monoisotopic (exact) mass is 429 g/mol. The van der Waals surface area contributed by atoms with E-state index in [1.807, 2.05) is 13.1 Å². The summed E-state index contributed by atoms with van der Waals surface area (Å²) in [5.74, 6) is 0.809. The number of esters is 1. The molecule has 0 bridgehead atoms. The van der Waals surface area contributed by atoms with Crippen molar-refractivity contribution in [2.75, 3.05) is 7.11 Å². The van der Waals surface area contributed by atoms with Crippen LogP contribution < -0.4 is 11.2 Å². The predicted octanol–water partition coefficient (Wildman–Crippen LogP) is 2.41. The summed E-state index contributed by atoms with van der Waals surface area (Å²) in [7, 11) is 2.89. The average molecular weight is 430 g/mol. The van der Waals surface area contributed by atoms with Gasteiger partial charge in [0.15, 0.2) is 11.2 Å². The van der Waals surface area contributed by atoms with Crippen LogP contribution in [0, 0.1) is 18.3 Å². The van der Waals surface area contributed by atoms with Crippen LogP contribution >= 0.6 is 0 Å². The van der Waals surface area contributed by atoms with E-state index in [-0.39, 0.29) is 24.4 Å². The van der Waals surface area contributed by atoms with Crippen molar-refractivity contribution in [3.05, 3.63) is 32.7 Å². The summed E-state index contributed by atoms with van der Waals surface area (Å²) in [4.78, 5) is 42.4. The van der Waals surface area contributed by atoms with Crippen molar-refractivity contribution in [2.45, 2.75) is 66.0 Å². The van der Waals surface area contributed by atoms with E-state index >= 15 is 0 Å². The van der Waals surface area contributed by atoms with Crippen molar-refractivity contribution >= 4 is 22.9 Å². The number of hydrogen-bond donors (Lipinski definition) is 0. The molecule has 1 aliphatic carbocycles.